The molecule has 0 bridgehead atoms. The van der Waals surface area contributed by atoms with Crippen molar-refractivity contribution in [2.45, 2.75) is 45.9 Å². The molecule has 4 nitrogen and oxygen atoms in total. The standard InChI is InChI=1S/C24H29ClNO3P/c1-17-13-21(25)14-18(2)23(17)26-24(28)19(3)30(11-7-8-12-30)16-22(27)29-15-20-9-5-4-6-10-20/h4-6,9-10,13-14,19H,7-8,11-12,15-16H2,1-3H3/p+1. The average molecular weight is 447 g/mol. The summed E-state index contributed by atoms with van der Waals surface area (Å²) in [6.45, 7) is 6.16. The number of aryl methyl sites for hydroxylation is 2. The van der Waals surface area contributed by atoms with Gasteiger partial charge in [-0.2, -0.15) is 0 Å². The Labute approximate surface area is 184 Å². The van der Waals surface area contributed by atoms with Crippen LogP contribution >= 0.6 is 18.9 Å². The highest BCUT2D eigenvalue weighted by atomic mass is 35.5. The van der Waals surface area contributed by atoms with E-state index in [1.54, 1.807) is 0 Å². The zero-order valence-corrected chi connectivity index (χ0v) is 19.6. The third kappa shape index (κ3) is 5.42. The molecule has 1 saturated heterocycles. The topological polar surface area (TPSA) is 55.4 Å². The Balaban J connectivity index is 1.68. The number of benzene rings is 2. The number of nitrogens with one attached hydrogen (secondary N) is 1. The molecule has 160 valence electrons. The summed E-state index contributed by atoms with van der Waals surface area (Å²) in [6.07, 6.45) is 4.49. The van der Waals surface area contributed by atoms with Crippen LogP contribution < -0.4 is 5.32 Å². The summed E-state index contributed by atoms with van der Waals surface area (Å²) in [6, 6.07) is 13.4. The lowest BCUT2D eigenvalue weighted by atomic mass is 10.1. The highest BCUT2D eigenvalue weighted by Crippen LogP contribution is 2.67. The van der Waals surface area contributed by atoms with Crippen LogP contribution in [0.3, 0.4) is 0 Å². The second kappa shape index (κ2) is 9.94. The fourth-order valence-electron chi connectivity index (χ4n) is 4.27. The maximum atomic E-state index is 13.2. The van der Waals surface area contributed by atoms with Crippen molar-refractivity contribution >= 4 is 36.4 Å². The van der Waals surface area contributed by atoms with Crippen molar-refractivity contribution in [1.29, 1.82) is 0 Å². The van der Waals surface area contributed by atoms with Crippen LogP contribution in [0.5, 0.6) is 0 Å². The zero-order chi connectivity index (χ0) is 21.7. The van der Waals surface area contributed by atoms with Gasteiger partial charge in [0.15, 0.2) is 6.16 Å². The molecule has 2 aromatic rings. The third-order valence-corrected chi connectivity index (χ3v) is 11.5. The monoisotopic (exact) mass is 446 g/mol. The van der Waals surface area contributed by atoms with E-state index in [4.69, 9.17) is 16.3 Å². The van der Waals surface area contributed by atoms with Crippen molar-refractivity contribution in [1.82, 2.24) is 0 Å². The molecule has 30 heavy (non-hydrogen) atoms. The average Bonchev–Trinajstić information content (AvgIpc) is 3.18. The van der Waals surface area contributed by atoms with E-state index in [1.807, 2.05) is 63.2 Å². The van der Waals surface area contributed by atoms with Crippen molar-refractivity contribution in [2.75, 3.05) is 23.8 Å². The Morgan fingerprint density at radius 1 is 1.10 bits per heavy atom. The third-order valence-electron chi connectivity index (χ3n) is 6.09. The number of amides is 1. The molecule has 0 aromatic heterocycles. The van der Waals surface area contributed by atoms with Crippen molar-refractivity contribution in [3.63, 3.8) is 0 Å². The SMILES string of the molecule is Cc1cc(Cl)cc(C)c1NC(=O)C(C)[P+]1(CC(=O)OCc2ccccc2)CCCC1. The van der Waals surface area contributed by atoms with Crippen LogP contribution in [0.2, 0.25) is 5.02 Å². The number of carbonyl (C=O) groups excluding carboxylic acids is 2. The molecule has 1 fully saturated rings. The number of halogens is 1. The van der Waals surface area contributed by atoms with Gasteiger partial charge in [0.05, 0.1) is 12.3 Å². The largest absolute Gasteiger partial charge is 0.458 e. The molecule has 1 heterocycles. The van der Waals surface area contributed by atoms with Gasteiger partial charge in [-0.15, -0.1) is 0 Å². The first-order chi connectivity index (χ1) is 14.3. The van der Waals surface area contributed by atoms with Gasteiger partial charge >= 0.3 is 5.97 Å². The summed E-state index contributed by atoms with van der Waals surface area (Å²) >= 11 is 6.12. The second-order valence-electron chi connectivity index (χ2n) is 8.26. The van der Waals surface area contributed by atoms with Gasteiger partial charge in [0.1, 0.15) is 12.3 Å². The maximum absolute atomic E-state index is 13.2. The van der Waals surface area contributed by atoms with Crippen LogP contribution in [0, 0.1) is 13.8 Å². The Bertz CT molecular complexity index is 887. The first-order valence-electron chi connectivity index (χ1n) is 10.4. The summed E-state index contributed by atoms with van der Waals surface area (Å²) < 4.78 is 5.56. The highest BCUT2D eigenvalue weighted by molar-refractivity contribution is 7.78. The molecule has 0 spiro atoms. The summed E-state index contributed by atoms with van der Waals surface area (Å²) in [7, 11) is -1.76. The van der Waals surface area contributed by atoms with Gasteiger partial charge in [-0.25, -0.2) is 4.79 Å². The van der Waals surface area contributed by atoms with Crippen LogP contribution in [0.15, 0.2) is 42.5 Å². The van der Waals surface area contributed by atoms with E-state index in [1.165, 1.54) is 0 Å². The number of hydrogen-bond donors (Lipinski definition) is 1. The Hall–Kier alpha value is -1.90. The van der Waals surface area contributed by atoms with Crippen LogP contribution in [0.1, 0.15) is 36.5 Å². The van der Waals surface area contributed by atoms with Crippen LogP contribution in [-0.4, -0.2) is 36.0 Å². The Kier molecular flexibility index (Phi) is 7.55. The summed E-state index contributed by atoms with van der Waals surface area (Å²) in [5.74, 6) is -0.192. The molecular formula is C24H30ClNO3P+. The smallest absolute Gasteiger partial charge is 0.344 e. The fraction of sp³-hybridized carbons (Fsp3) is 0.417. The van der Waals surface area contributed by atoms with Crippen molar-refractivity contribution in [2.24, 2.45) is 0 Å². The molecular weight excluding hydrogens is 417 g/mol. The van der Waals surface area contributed by atoms with Crippen molar-refractivity contribution in [3.05, 3.63) is 64.2 Å². The maximum Gasteiger partial charge on any atom is 0.344 e. The van der Waals surface area contributed by atoms with Crippen LogP contribution in [0.4, 0.5) is 5.69 Å². The van der Waals surface area contributed by atoms with Crippen LogP contribution in [0.25, 0.3) is 0 Å². The van der Waals surface area contributed by atoms with E-state index in [0.717, 1.165) is 47.5 Å². The summed E-state index contributed by atoms with van der Waals surface area (Å²) in [5, 5.41) is 3.78. The molecule has 0 radical (unpaired) electrons. The number of hydrogen-bond acceptors (Lipinski definition) is 3. The predicted molar refractivity (Wildman–Crippen MR) is 126 cm³/mol. The number of esters is 1. The Morgan fingerprint density at radius 2 is 1.70 bits per heavy atom. The van der Waals surface area contributed by atoms with E-state index in [2.05, 4.69) is 5.32 Å². The number of ether oxygens (including phenoxy) is 1. The van der Waals surface area contributed by atoms with Gasteiger partial charge < -0.3 is 10.1 Å². The second-order valence-corrected chi connectivity index (χ2v) is 13.1. The minimum Gasteiger partial charge on any atom is -0.458 e. The van der Waals surface area contributed by atoms with Gasteiger partial charge in [0, 0.05) is 18.0 Å². The first-order valence-corrected chi connectivity index (χ1v) is 13.2. The normalized spacial score (nSPS) is 16.1. The number of anilines is 1. The quantitative estimate of drug-likeness (QED) is 0.429. The van der Waals surface area contributed by atoms with Gasteiger partial charge in [-0.05, 0) is 62.4 Å². The molecule has 1 aliphatic rings. The molecule has 1 atom stereocenters. The lowest BCUT2D eigenvalue weighted by Gasteiger charge is -2.27. The van der Waals surface area contributed by atoms with E-state index < -0.39 is 7.26 Å². The van der Waals surface area contributed by atoms with E-state index >= 15 is 0 Å². The van der Waals surface area contributed by atoms with E-state index in [9.17, 15) is 9.59 Å². The molecule has 0 saturated carbocycles. The molecule has 1 unspecified atom stereocenters. The van der Waals surface area contributed by atoms with E-state index in [-0.39, 0.29) is 24.1 Å². The molecule has 2 aromatic carbocycles. The molecule has 1 aliphatic heterocycles. The summed E-state index contributed by atoms with van der Waals surface area (Å²) in [5.41, 5.74) is 3.51. The fourth-order valence-corrected chi connectivity index (χ4v) is 9.06. The molecule has 0 aliphatic carbocycles. The lowest BCUT2D eigenvalue weighted by Crippen LogP contribution is -2.32. The van der Waals surface area contributed by atoms with Gasteiger partial charge in [0.25, 0.3) is 5.91 Å². The zero-order valence-electron chi connectivity index (χ0n) is 17.9. The molecule has 1 amide bonds. The minimum atomic E-state index is -1.76. The van der Waals surface area contributed by atoms with E-state index in [0.29, 0.717) is 11.2 Å². The molecule has 6 heteroatoms. The molecule has 1 N–H and O–H groups in total. The summed E-state index contributed by atoms with van der Waals surface area (Å²) in [4.78, 5) is 25.9. The van der Waals surface area contributed by atoms with Gasteiger partial charge in [-0.3, -0.25) is 4.79 Å². The van der Waals surface area contributed by atoms with Crippen molar-refractivity contribution < 1.29 is 14.3 Å². The number of carbonyl (C=O) groups is 2. The Morgan fingerprint density at radius 3 is 2.30 bits per heavy atom. The molecule has 3 rings (SSSR count). The number of rotatable bonds is 7. The van der Waals surface area contributed by atoms with Gasteiger partial charge in [0.2, 0.25) is 0 Å². The highest BCUT2D eigenvalue weighted by Gasteiger charge is 2.51. The first kappa shape index (κ1) is 22.8. The lowest BCUT2D eigenvalue weighted by molar-refractivity contribution is -0.141. The minimum absolute atomic E-state index is 0.00499. The van der Waals surface area contributed by atoms with Crippen LogP contribution in [-0.2, 0) is 20.9 Å². The predicted octanol–water partition coefficient (Wildman–Crippen LogP) is 5.84. The van der Waals surface area contributed by atoms with Crippen molar-refractivity contribution in [3.8, 4) is 0 Å². The van der Waals surface area contributed by atoms with Gasteiger partial charge in [-0.1, -0.05) is 41.9 Å².